The van der Waals surface area contributed by atoms with Crippen LogP contribution in [0, 0.1) is 23.6 Å². The van der Waals surface area contributed by atoms with Crippen LogP contribution in [0.1, 0.15) is 47.2 Å². The maximum atomic E-state index is 14.9. The van der Waals surface area contributed by atoms with E-state index in [0.717, 1.165) is 6.07 Å². The van der Waals surface area contributed by atoms with E-state index in [0.29, 0.717) is 17.7 Å². The van der Waals surface area contributed by atoms with E-state index >= 15 is 0 Å². The number of hydrogen-bond donors (Lipinski definition) is 2. The molecule has 0 radical (unpaired) electrons. The second kappa shape index (κ2) is 10.2. The highest BCUT2D eigenvalue weighted by Crippen LogP contribution is 2.31. The fourth-order valence-corrected chi connectivity index (χ4v) is 3.47. The minimum absolute atomic E-state index is 0.0194. The number of benzene rings is 1. The molecule has 0 aliphatic carbocycles. The number of rotatable bonds is 5. The lowest BCUT2D eigenvalue weighted by atomic mass is 9.97. The zero-order valence-corrected chi connectivity index (χ0v) is 20.2. The largest absolute Gasteiger partial charge is 0.350 e. The molecular weight excluding hydrogens is 478 g/mol. The standard InChI is InChI=1S/C25H21Cl2FN4O2/c1-5-14-11-29-7-6-16(14)17-9-19(26)18(10-21(17)28)23(33)32-15-8-20(27)22(30-12-15)24(34)31-13-25(2,3)4/h1,6-12H,13H2,2-4H3,(H,31,34)(H,32,33). The second-order valence-electron chi connectivity index (χ2n) is 8.63. The summed E-state index contributed by atoms with van der Waals surface area (Å²) in [6.45, 7) is 6.37. The smallest absolute Gasteiger partial charge is 0.271 e. The van der Waals surface area contributed by atoms with Crippen LogP contribution < -0.4 is 10.6 Å². The molecule has 0 bridgehead atoms. The van der Waals surface area contributed by atoms with Crippen LogP contribution in [0.5, 0.6) is 0 Å². The molecule has 0 spiro atoms. The van der Waals surface area contributed by atoms with Crippen LogP contribution in [0.3, 0.4) is 0 Å². The van der Waals surface area contributed by atoms with Crippen molar-refractivity contribution >= 4 is 40.7 Å². The third-order valence-electron chi connectivity index (χ3n) is 4.66. The number of carbonyl (C=O) groups is 2. The molecule has 34 heavy (non-hydrogen) atoms. The second-order valence-corrected chi connectivity index (χ2v) is 9.44. The van der Waals surface area contributed by atoms with E-state index in [4.69, 9.17) is 29.6 Å². The first kappa shape index (κ1) is 25.2. The number of anilines is 1. The van der Waals surface area contributed by atoms with Gasteiger partial charge in [0.05, 0.1) is 33.1 Å². The topological polar surface area (TPSA) is 84.0 Å². The zero-order valence-electron chi connectivity index (χ0n) is 18.7. The number of carbonyl (C=O) groups excluding carboxylic acids is 2. The molecule has 0 aliphatic rings. The highest BCUT2D eigenvalue weighted by atomic mass is 35.5. The predicted molar refractivity (Wildman–Crippen MR) is 132 cm³/mol. The van der Waals surface area contributed by atoms with Crippen LogP contribution in [0.4, 0.5) is 10.1 Å². The molecular formula is C25H21Cl2FN4O2. The molecule has 2 amide bonds. The van der Waals surface area contributed by atoms with Crippen molar-refractivity contribution in [2.45, 2.75) is 20.8 Å². The van der Waals surface area contributed by atoms with E-state index in [2.05, 4.69) is 26.5 Å². The fraction of sp³-hybridized carbons (Fsp3) is 0.200. The average Bonchev–Trinajstić information content (AvgIpc) is 2.78. The van der Waals surface area contributed by atoms with E-state index in [9.17, 15) is 14.0 Å². The number of aromatic nitrogens is 2. The van der Waals surface area contributed by atoms with Crippen LogP contribution in [0.25, 0.3) is 11.1 Å². The Hall–Kier alpha value is -3.47. The molecule has 9 heteroatoms. The molecule has 1 aromatic carbocycles. The first-order chi connectivity index (χ1) is 16.0. The molecule has 2 heterocycles. The summed E-state index contributed by atoms with van der Waals surface area (Å²) >= 11 is 12.5. The van der Waals surface area contributed by atoms with Gasteiger partial charge >= 0.3 is 0 Å². The van der Waals surface area contributed by atoms with Gasteiger partial charge < -0.3 is 10.6 Å². The van der Waals surface area contributed by atoms with Crippen molar-refractivity contribution in [1.82, 2.24) is 15.3 Å². The first-order valence-electron chi connectivity index (χ1n) is 10.2. The maximum Gasteiger partial charge on any atom is 0.271 e. The lowest BCUT2D eigenvalue weighted by Gasteiger charge is -2.18. The number of pyridine rings is 2. The summed E-state index contributed by atoms with van der Waals surface area (Å²) < 4.78 is 14.9. The summed E-state index contributed by atoms with van der Waals surface area (Å²) in [5, 5.41) is 5.39. The Morgan fingerprint density at radius 3 is 2.47 bits per heavy atom. The van der Waals surface area contributed by atoms with Gasteiger partial charge in [-0.3, -0.25) is 14.6 Å². The molecule has 0 fully saturated rings. The lowest BCUT2D eigenvalue weighted by Crippen LogP contribution is -2.32. The van der Waals surface area contributed by atoms with Gasteiger partial charge in [0.15, 0.2) is 0 Å². The quantitative estimate of drug-likeness (QED) is 0.448. The van der Waals surface area contributed by atoms with Crippen molar-refractivity contribution in [3.8, 4) is 23.5 Å². The Morgan fingerprint density at radius 2 is 1.82 bits per heavy atom. The average molecular weight is 499 g/mol. The first-order valence-corrected chi connectivity index (χ1v) is 10.9. The summed E-state index contributed by atoms with van der Waals surface area (Å²) in [6, 6.07) is 5.30. The molecule has 0 atom stereocenters. The summed E-state index contributed by atoms with van der Waals surface area (Å²) in [4.78, 5) is 33.0. The van der Waals surface area contributed by atoms with Gasteiger partial charge in [-0.2, -0.15) is 0 Å². The molecule has 3 aromatic rings. The Balaban J connectivity index is 1.81. The Morgan fingerprint density at radius 1 is 1.09 bits per heavy atom. The summed E-state index contributed by atoms with van der Waals surface area (Å²) in [5.74, 6) is 0.657. The summed E-state index contributed by atoms with van der Waals surface area (Å²) in [7, 11) is 0. The van der Waals surface area contributed by atoms with Gasteiger partial charge in [-0.15, -0.1) is 6.42 Å². The minimum atomic E-state index is -0.681. The monoisotopic (exact) mass is 498 g/mol. The number of nitrogens with one attached hydrogen (secondary N) is 2. The van der Waals surface area contributed by atoms with E-state index in [1.807, 2.05) is 20.8 Å². The van der Waals surface area contributed by atoms with Crippen molar-refractivity contribution < 1.29 is 14.0 Å². The van der Waals surface area contributed by atoms with Gasteiger partial charge in [-0.05, 0) is 29.7 Å². The molecule has 0 saturated heterocycles. The van der Waals surface area contributed by atoms with Crippen molar-refractivity contribution in [1.29, 1.82) is 0 Å². The van der Waals surface area contributed by atoms with Crippen LogP contribution in [0.2, 0.25) is 10.0 Å². The van der Waals surface area contributed by atoms with Gasteiger partial charge in [0.25, 0.3) is 11.8 Å². The highest BCUT2D eigenvalue weighted by molar-refractivity contribution is 6.35. The van der Waals surface area contributed by atoms with E-state index < -0.39 is 17.6 Å². The SMILES string of the molecule is C#Cc1cnccc1-c1cc(Cl)c(C(=O)Nc2cnc(C(=O)NCC(C)(C)C)c(Cl)c2)cc1F. The zero-order chi connectivity index (χ0) is 25.0. The van der Waals surface area contributed by atoms with E-state index in [1.54, 1.807) is 6.07 Å². The Bertz CT molecular complexity index is 1310. The Labute approximate surface area is 206 Å². The molecule has 6 nitrogen and oxygen atoms in total. The molecule has 0 saturated carbocycles. The van der Waals surface area contributed by atoms with E-state index in [1.165, 1.54) is 30.7 Å². The number of hydrogen-bond acceptors (Lipinski definition) is 4. The summed E-state index contributed by atoms with van der Waals surface area (Å²) in [6.07, 6.45) is 9.67. The van der Waals surface area contributed by atoms with Crippen molar-refractivity contribution in [3.63, 3.8) is 0 Å². The number of amides is 2. The van der Waals surface area contributed by atoms with Crippen LogP contribution >= 0.6 is 23.2 Å². The van der Waals surface area contributed by atoms with Gasteiger partial charge in [-0.25, -0.2) is 9.37 Å². The summed E-state index contributed by atoms with van der Waals surface area (Å²) in [5.41, 5.74) is 1.00. The lowest BCUT2D eigenvalue weighted by molar-refractivity contribution is 0.0934. The predicted octanol–water partition coefficient (Wildman–Crippen LogP) is 5.60. The van der Waals surface area contributed by atoms with E-state index in [-0.39, 0.29) is 38.0 Å². The number of terminal acetylenes is 1. The highest BCUT2D eigenvalue weighted by Gasteiger charge is 2.20. The van der Waals surface area contributed by atoms with Gasteiger partial charge in [0.1, 0.15) is 11.5 Å². The normalized spacial score (nSPS) is 11.0. The Kier molecular flexibility index (Phi) is 7.55. The third-order valence-corrected chi connectivity index (χ3v) is 5.26. The van der Waals surface area contributed by atoms with Gasteiger partial charge in [0.2, 0.25) is 0 Å². The third kappa shape index (κ3) is 5.90. The van der Waals surface area contributed by atoms with Gasteiger partial charge in [-0.1, -0.05) is 49.9 Å². The molecule has 2 aromatic heterocycles. The molecule has 0 unspecified atom stereocenters. The van der Waals surface area contributed by atoms with Crippen LogP contribution in [0.15, 0.2) is 42.9 Å². The van der Waals surface area contributed by atoms with Crippen LogP contribution in [-0.2, 0) is 0 Å². The number of halogens is 3. The molecule has 3 rings (SSSR count). The minimum Gasteiger partial charge on any atom is -0.350 e. The van der Waals surface area contributed by atoms with Crippen molar-refractivity contribution in [2.24, 2.45) is 5.41 Å². The fourth-order valence-electron chi connectivity index (χ4n) is 2.97. The molecule has 0 aliphatic heterocycles. The van der Waals surface area contributed by atoms with Crippen molar-refractivity contribution in [2.75, 3.05) is 11.9 Å². The van der Waals surface area contributed by atoms with Crippen molar-refractivity contribution in [3.05, 3.63) is 75.5 Å². The maximum absolute atomic E-state index is 14.9. The molecule has 2 N–H and O–H groups in total. The molecule has 174 valence electrons. The van der Waals surface area contributed by atoms with Gasteiger partial charge in [0, 0.05) is 30.1 Å². The van der Waals surface area contributed by atoms with Crippen LogP contribution in [-0.4, -0.2) is 28.3 Å². The number of nitrogens with zero attached hydrogens (tertiary/aromatic N) is 2.